The lowest BCUT2D eigenvalue weighted by Gasteiger charge is -2.21. The van der Waals surface area contributed by atoms with Gasteiger partial charge in [-0.05, 0) is 57.5 Å². The highest BCUT2D eigenvalue weighted by atomic mass is 35.5. The van der Waals surface area contributed by atoms with Gasteiger partial charge in [0.05, 0.1) is 11.2 Å². The van der Waals surface area contributed by atoms with Crippen LogP contribution >= 0.6 is 11.6 Å². The first kappa shape index (κ1) is 16.6. The van der Waals surface area contributed by atoms with Crippen LogP contribution in [-0.2, 0) is 4.74 Å². The van der Waals surface area contributed by atoms with Gasteiger partial charge in [0.15, 0.2) is 0 Å². The topological polar surface area (TPSA) is 31.2 Å². The Kier molecular flexibility index (Phi) is 4.14. The molecule has 0 fully saturated rings. The zero-order chi connectivity index (χ0) is 17.5. The summed E-state index contributed by atoms with van der Waals surface area (Å²) in [5.41, 5.74) is 3.01. The molecule has 3 aromatic rings. The molecule has 0 saturated heterocycles. The largest absolute Gasteiger partial charge is 0.443 e. The van der Waals surface area contributed by atoms with Crippen molar-refractivity contribution in [2.75, 3.05) is 0 Å². The lowest BCUT2D eigenvalue weighted by molar-refractivity contribution is 0.0547. The van der Waals surface area contributed by atoms with Gasteiger partial charge in [0.25, 0.3) is 0 Å². The molecule has 0 aliphatic carbocycles. The quantitative estimate of drug-likeness (QED) is 0.539. The number of para-hydroxylation sites is 1. The van der Waals surface area contributed by atoms with Crippen molar-refractivity contribution >= 4 is 28.6 Å². The second kappa shape index (κ2) is 5.99. The SMILES string of the molecule is Cc1ccc(Cl)cc1-c1cc2ccccc2n1C(=O)OC(C)(C)C. The van der Waals surface area contributed by atoms with E-state index in [2.05, 4.69) is 0 Å². The Bertz CT molecular complexity index is 919. The minimum atomic E-state index is -0.566. The number of carbonyl (C=O) groups excluding carboxylic acids is 1. The maximum Gasteiger partial charge on any atom is 0.419 e. The molecule has 3 rings (SSSR count). The van der Waals surface area contributed by atoms with Gasteiger partial charge < -0.3 is 4.74 Å². The van der Waals surface area contributed by atoms with Gasteiger partial charge in [0.1, 0.15) is 5.60 Å². The van der Waals surface area contributed by atoms with Crippen molar-refractivity contribution in [2.45, 2.75) is 33.3 Å². The van der Waals surface area contributed by atoms with Crippen LogP contribution in [0.4, 0.5) is 4.79 Å². The minimum absolute atomic E-state index is 0.391. The fourth-order valence-electron chi connectivity index (χ4n) is 2.73. The van der Waals surface area contributed by atoms with E-state index in [9.17, 15) is 4.79 Å². The zero-order valence-corrected chi connectivity index (χ0v) is 15.0. The summed E-state index contributed by atoms with van der Waals surface area (Å²) >= 11 is 6.18. The first-order valence-electron chi connectivity index (χ1n) is 7.86. The van der Waals surface area contributed by atoms with E-state index in [4.69, 9.17) is 16.3 Å². The molecule has 3 nitrogen and oxygen atoms in total. The summed E-state index contributed by atoms with van der Waals surface area (Å²) in [6.45, 7) is 7.59. The van der Waals surface area contributed by atoms with E-state index >= 15 is 0 Å². The molecule has 1 aromatic heterocycles. The third kappa shape index (κ3) is 3.17. The lowest BCUT2D eigenvalue weighted by atomic mass is 10.1. The Hall–Kier alpha value is -2.26. The summed E-state index contributed by atoms with van der Waals surface area (Å²) in [7, 11) is 0. The van der Waals surface area contributed by atoms with Crippen LogP contribution in [0.15, 0.2) is 48.5 Å². The van der Waals surface area contributed by atoms with Crippen molar-refractivity contribution < 1.29 is 9.53 Å². The molecule has 0 aliphatic heterocycles. The summed E-state index contributed by atoms with van der Waals surface area (Å²) in [5.74, 6) is 0. The maximum atomic E-state index is 12.8. The van der Waals surface area contributed by atoms with Gasteiger partial charge in [0, 0.05) is 16.0 Å². The van der Waals surface area contributed by atoms with Crippen molar-refractivity contribution in [2.24, 2.45) is 0 Å². The zero-order valence-electron chi connectivity index (χ0n) is 14.3. The third-order valence-corrected chi connectivity index (χ3v) is 4.00. The Labute approximate surface area is 146 Å². The van der Waals surface area contributed by atoms with Crippen molar-refractivity contribution in [1.82, 2.24) is 4.57 Å². The average molecular weight is 342 g/mol. The highest BCUT2D eigenvalue weighted by Crippen LogP contribution is 2.32. The van der Waals surface area contributed by atoms with E-state index < -0.39 is 11.7 Å². The van der Waals surface area contributed by atoms with Crippen LogP contribution in [0.25, 0.3) is 22.2 Å². The highest BCUT2D eigenvalue weighted by molar-refractivity contribution is 6.30. The number of rotatable bonds is 1. The van der Waals surface area contributed by atoms with Gasteiger partial charge in [-0.2, -0.15) is 0 Å². The van der Waals surface area contributed by atoms with Crippen molar-refractivity contribution in [3.8, 4) is 11.3 Å². The number of fused-ring (bicyclic) bond motifs is 1. The average Bonchev–Trinajstić information content (AvgIpc) is 2.87. The van der Waals surface area contributed by atoms with Crippen LogP contribution in [0.3, 0.4) is 0 Å². The fraction of sp³-hybridized carbons (Fsp3) is 0.250. The molecule has 0 spiro atoms. The predicted molar refractivity (Wildman–Crippen MR) is 98.8 cm³/mol. The van der Waals surface area contributed by atoms with E-state index in [-0.39, 0.29) is 0 Å². The van der Waals surface area contributed by atoms with Crippen LogP contribution in [0.2, 0.25) is 5.02 Å². The van der Waals surface area contributed by atoms with Crippen LogP contribution < -0.4 is 0 Å². The van der Waals surface area contributed by atoms with Gasteiger partial charge in [0.2, 0.25) is 0 Å². The smallest absolute Gasteiger partial charge is 0.419 e. The van der Waals surface area contributed by atoms with Gasteiger partial charge in [-0.15, -0.1) is 0 Å². The van der Waals surface area contributed by atoms with Crippen molar-refractivity contribution in [1.29, 1.82) is 0 Å². The monoisotopic (exact) mass is 341 g/mol. The van der Waals surface area contributed by atoms with Gasteiger partial charge >= 0.3 is 6.09 Å². The normalized spacial score (nSPS) is 11.7. The molecule has 124 valence electrons. The molecule has 0 aliphatic rings. The van der Waals surface area contributed by atoms with Gasteiger partial charge in [-0.25, -0.2) is 9.36 Å². The van der Waals surface area contributed by atoms with Gasteiger partial charge in [-0.1, -0.05) is 35.9 Å². The molecule has 4 heteroatoms. The summed E-state index contributed by atoms with van der Waals surface area (Å²) in [6.07, 6.45) is -0.391. The molecule has 0 saturated carbocycles. The van der Waals surface area contributed by atoms with Gasteiger partial charge in [-0.3, -0.25) is 0 Å². The Morgan fingerprint density at radius 3 is 2.50 bits per heavy atom. The van der Waals surface area contributed by atoms with E-state index in [1.165, 1.54) is 0 Å². The Balaban J connectivity index is 2.26. The number of aromatic nitrogens is 1. The summed E-state index contributed by atoms with van der Waals surface area (Å²) in [4.78, 5) is 12.8. The highest BCUT2D eigenvalue weighted by Gasteiger charge is 2.23. The number of ether oxygens (including phenoxy) is 1. The minimum Gasteiger partial charge on any atom is -0.443 e. The first-order chi connectivity index (χ1) is 11.3. The number of aryl methyl sites for hydroxylation is 1. The summed E-state index contributed by atoms with van der Waals surface area (Å²) < 4.78 is 7.24. The molecule has 0 bridgehead atoms. The number of hydrogen-bond donors (Lipinski definition) is 0. The molecule has 24 heavy (non-hydrogen) atoms. The Morgan fingerprint density at radius 2 is 1.79 bits per heavy atom. The second-order valence-electron chi connectivity index (χ2n) is 6.86. The second-order valence-corrected chi connectivity index (χ2v) is 7.30. The van der Waals surface area contributed by atoms with E-state index in [0.717, 1.165) is 27.7 Å². The number of benzene rings is 2. The van der Waals surface area contributed by atoms with Crippen LogP contribution in [0.5, 0.6) is 0 Å². The molecular formula is C20H20ClNO2. The molecule has 0 N–H and O–H groups in total. The third-order valence-electron chi connectivity index (χ3n) is 3.76. The molecule has 2 aromatic carbocycles. The molecule has 0 amide bonds. The number of hydrogen-bond acceptors (Lipinski definition) is 2. The molecule has 0 unspecified atom stereocenters. The summed E-state index contributed by atoms with van der Waals surface area (Å²) in [6, 6.07) is 15.5. The van der Waals surface area contributed by atoms with Crippen LogP contribution in [-0.4, -0.2) is 16.3 Å². The van der Waals surface area contributed by atoms with Crippen LogP contribution in [0, 0.1) is 6.92 Å². The fourth-order valence-corrected chi connectivity index (χ4v) is 2.90. The predicted octanol–water partition coefficient (Wildman–Crippen LogP) is 6.05. The van der Waals surface area contributed by atoms with E-state index in [1.54, 1.807) is 4.57 Å². The Morgan fingerprint density at radius 1 is 1.08 bits per heavy atom. The first-order valence-corrected chi connectivity index (χ1v) is 8.24. The van der Waals surface area contributed by atoms with Crippen molar-refractivity contribution in [3.05, 3.63) is 59.1 Å². The summed E-state index contributed by atoms with van der Waals surface area (Å²) in [5, 5.41) is 1.62. The molecule has 0 atom stereocenters. The lowest BCUT2D eigenvalue weighted by Crippen LogP contribution is -2.27. The van der Waals surface area contributed by atoms with E-state index in [0.29, 0.717) is 5.02 Å². The molecule has 0 radical (unpaired) electrons. The maximum absolute atomic E-state index is 12.8. The standard InChI is InChI=1S/C20H20ClNO2/c1-13-9-10-15(21)12-16(13)18-11-14-7-5-6-8-17(14)22(18)19(23)24-20(2,3)4/h5-12H,1-4H3. The van der Waals surface area contributed by atoms with E-state index in [1.807, 2.05) is 76.2 Å². The number of halogens is 1. The number of nitrogens with zero attached hydrogens (tertiary/aromatic N) is 1. The van der Waals surface area contributed by atoms with Crippen LogP contribution in [0.1, 0.15) is 26.3 Å². The molecular weight excluding hydrogens is 322 g/mol. The van der Waals surface area contributed by atoms with Crippen molar-refractivity contribution in [3.63, 3.8) is 0 Å². The number of carbonyl (C=O) groups is 1. The molecule has 1 heterocycles.